The molecule has 3 heterocycles. The van der Waals surface area contributed by atoms with Crippen LogP contribution in [-0.4, -0.2) is 141 Å². The summed E-state index contributed by atoms with van der Waals surface area (Å²) in [6.45, 7) is 17.6. The molecule has 17 nitrogen and oxygen atoms in total. The number of phenols is 1. The van der Waals surface area contributed by atoms with Crippen LogP contribution < -0.4 is 0 Å². The van der Waals surface area contributed by atoms with E-state index < -0.39 is 115 Å². The molecular formula is C50H70ClO17. The van der Waals surface area contributed by atoms with Crippen molar-refractivity contribution in [2.45, 2.75) is 168 Å². The first-order chi connectivity index (χ1) is 31.9. The zero-order valence-corrected chi connectivity index (χ0v) is 41.4. The Hall–Kier alpha value is -3.98. The number of methoxy groups -OCH3 is 1. The van der Waals surface area contributed by atoms with Crippen molar-refractivity contribution in [2.75, 3.05) is 13.7 Å². The Balaban J connectivity index is 1.58. The number of ether oxygens (including phenoxy) is 8. The lowest BCUT2D eigenvalue weighted by Crippen LogP contribution is -2.64. The molecule has 0 bridgehead atoms. The summed E-state index contributed by atoms with van der Waals surface area (Å²) in [5, 5.41) is 66.2. The fourth-order valence-electron chi connectivity index (χ4n) is 7.86. The van der Waals surface area contributed by atoms with E-state index in [-0.39, 0.29) is 34.9 Å². The van der Waals surface area contributed by atoms with E-state index in [4.69, 9.17) is 49.5 Å². The number of hydrogen-bond donors (Lipinski definition) is 6. The minimum absolute atomic E-state index is 0.0181. The molecule has 0 saturated carbocycles. The number of rotatable bonds is 12. The summed E-state index contributed by atoms with van der Waals surface area (Å²) < 4.78 is 46.8. The number of cyclic esters (lactones) is 1. The van der Waals surface area contributed by atoms with Crippen molar-refractivity contribution < 1.29 is 82.9 Å². The molecule has 0 aliphatic carbocycles. The van der Waals surface area contributed by atoms with Crippen LogP contribution in [0, 0.1) is 25.4 Å². The summed E-state index contributed by atoms with van der Waals surface area (Å²) in [7, 11) is 1.28. The van der Waals surface area contributed by atoms with Gasteiger partial charge in [0.05, 0.1) is 41.4 Å². The number of hydrogen-bond acceptors (Lipinski definition) is 17. The van der Waals surface area contributed by atoms with Gasteiger partial charge in [0, 0.05) is 19.4 Å². The van der Waals surface area contributed by atoms with Crippen molar-refractivity contribution in [1.29, 1.82) is 0 Å². The van der Waals surface area contributed by atoms with Crippen LogP contribution in [0.1, 0.15) is 97.5 Å². The van der Waals surface area contributed by atoms with Crippen LogP contribution in [0.25, 0.3) is 0 Å². The highest BCUT2D eigenvalue weighted by atomic mass is 35.5. The van der Waals surface area contributed by atoms with Crippen LogP contribution in [-0.2, 0) is 47.5 Å². The molecule has 4 rings (SSSR count). The van der Waals surface area contributed by atoms with Crippen molar-refractivity contribution in [3.63, 3.8) is 0 Å². The first-order valence-corrected chi connectivity index (χ1v) is 23.2. The standard InChI is InChI=1S/C50H70ClO17/c1-12-31-22-28(6)34(53)16-14-13-15-32(23-62-49-43(61-11)39(55)36(24-63-49)65-47(60)37-27(5)18-19-33(51)38(37)54)46(59)64-35(30(8)52)20-17-26(4)21-29(7)42(31)66-48-41(57)40(56)44(50(9,10)68-48)67-45(58)25(2)3/h13-15,17-19,21-22,24-25,30-31,34-36,39-44,48-49,52-57H,12,16,20,23H2,1-11H3/b14-13?,26-17-,28-22?,29-21-,32-15?/t30-,31+,34+,35+,36-,39+,40-,41+,42+,43-,44+,48+,49+/m1/s1. The molecule has 0 unspecified atom stereocenters. The summed E-state index contributed by atoms with van der Waals surface area (Å²) >= 11 is 6.00. The highest BCUT2D eigenvalue weighted by Crippen LogP contribution is 2.37. The van der Waals surface area contributed by atoms with Gasteiger partial charge in [-0.1, -0.05) is 74.4 Å². The molecule has 1 aromatic rings. The Morgan fingerprint density at radius 2 is 1.65 bits per heavy atom. The smallest absolute Gasteiger partial charge is 0.342 e. The topological polar surface area (TPSA) is 246 Å². The predicted molar refractivity (Wildman–Crippen MR) is 249 cm³/mol. The number of carbonyl (C=O) groups excluding carboxylic acids is 3. The molecule has 0 spiro atoms. The molecule has 18 heteroatoms. The van der Waals surface area contributed by atoms with Crippen LogP contribution in [0.2, 0.25) is 5.02 Å². The second-order valence-corrected chi connectivity index (χ2v) is 18.8. The molecule has 2 fully saturated rings. The van der Waals surface area contributed by atoms with E-state index in [1.165, 1.54) is 38.3 Å². The van der Waals surface area contributed by atoms with E-state index in [0.717, 1.165) is 6.61 Å². The number of aromatic hydroxyl groups is 1. The molecule has 2 saturated heterocycles. The third-order valence-electron chi connectivity index (χ3n) is 12.1. The number of allylic oxidation sites excluding steroid dienone is 4. The fourth-order valence-corrected chi connectivity index (χ4v) is 8.02. The quantitative estimate of drug-likeness (QED) is 0.0873. The zero-order valence-electron chi connectivity index (χ0n) is 40.7. The average Bonchev–Trinajstić information content (AvgIpc) is 3.27. The van der Waals surface area contributed by atoms with Gasteiger partial charge in [0.2, 0.25) is 0 Å². The van der Waals surface area contributed by atoms with Gasteiger partial charge in [-0.05, 0) is 90.2 Å². The number of aryl methyl sites for hydroxylation is 1. The van der Waals surface area contributed by atoms with Crippen LogP contribution in [0.3, 0.4) is 0 Å². The SMILES string of the molecule is CC[C@H]1C=C(C)[C@@H](O)CC=CC=C(CO[C@H]2O[CH][C@@H](OC(=O)c3c(C)ccc(Cl)c3O)[C@H](O)[C@H]2OC)C(=O)O[C@H]([C@@H](C)O)C/C=C(C)\C=C(\C)[C@@H]1O[C@H]1OC(C)(C)[C@@H](OC(=O)C(C)C)[C@H](O)[C@@H]1O. The van der Waals surface area contributed by atoms with Gasteiger partial charge < -0.3 is 68.5 Å². The molecule has 3 aliphatic rings. The number of carbonyl (C=O) groups is 3. The maximum absolute atomic E-state index is 13.8. The van der Waals surface area contributed by atoms with Crippen LogP contribution in [0.4, 0.5) is 0 Å². The van der Waals surface area contributed by atoms with Gasteiger partial charge in [0.15, 0.2) is 24.8 Å². The second-order valence-electron chi connectivity index (χ2n) is 18.4. The maximum atomic E-state index is 13.8. The van der Waals surface area contributed by atoms with Crippen LogP contribution in [0.5, 0.6) is 5.75 Å². The van der Waals surface area contributed by atoms with Gasteiger partial charge in [0.25, 0.3) is 0 Å². The summed E-state index contributed by atoms with van der Waals surface area (Å²) in [5.41, 5.74) is 0.921. The minimum atomic E-state index is -1.60. The summed E-state index contributed by atoms with van der Waals surface area (Å²) in [6.07, 6.45) is -4.13. The van der Waals surface area contributed by atoms with E-state index in [1.807, 2.05) is 32.9 Å². The normalized spacial score (nSPS) is 33.1. The monoisotopic (exact) mass is 977 g/mol. The van der Waals surface area contributed by atoms with Gasteiger partial charge in [-0.3, -0.25) is 4.79 Å². The molecule has 1 radical (unpaired) electrons. The van der Waals surface area contributed by atoms with Crippen LogP contribution >= 0.6 is 11.6 Å². The fraction of sp³-hybridized carbons (Fsp3) is 0.600. The third kappa shape index (κ3) is 14.5. The van der Waals surface area contributed by atoms with Gasteiger partial charge in [-0.2, -0.15) is 0 Å². The number of halogens is 1. The van der Waals surface area contributed by atoms with Crippen molar-refractivity contribution >= 4 is 29.5 Å². The Morgan fingerprint density at radius 3 is 2.28 bits per heavy atom. The maximum Gasteiger partial charge on any atom is 0.342 e. The highest BCUT2D eigenvalue weighted by Gasteiger charge is 2.53. The van der Waals surface area contributed by atoms with Gasteiger partial charge >= 0.3 is 17.9 Å². The Kier molecular flexibility index (Phi) is 21.0. The lowest BCUT2D eigenvalue weighted by molar-refractivity contribution is -0.333. The highest BCUT2D eigenvalue weighted by molar-refractivity contribution is 6.32. The Morgan fingerprint density at radius 1 is 0.956 bits per heavy atom. The number of aliphatic hydroxyl groups is 5. The largest absolute Gasteiger partial charge is 0.505 e. The summed E-state index contributed by atoms with van der Waals surface area (Å²) in [4.78, 5) is 39.4. The van der Waals surface area contributed by atoms with Crippen molar-refractivity contribution in [3.05, 3.63) is 93.6 Å². The van der Waals surface area contributed by atoms with E-state index in [0.29, 0.717) is 28.7 Å². The van der Waals surface area contributed by atoms with E-state index in [1.54, 1.807) is 53.7 Å². The minimum Gasteiger partial charge on any atom is -0.505 e. The van der Waals surface area contributed by atoms with Crippen LogP contribution in [0.15, 0.2) is 70.9 Å². The average molecular weight is 979 g/mol. The summed E-state index contributed by atoms with van der Waals surface area (Å²) in [6, 6.07) is 2.95. The molecule has 6 N–H and O–H groups in total. The molecule has 1 aromatic carbocycles. The van der Waals surface area contributed by atoms with Crippen molar-refractivity contribution in [3.8, 4) is 5.75 Å². The molecular weight excluding hydrogens is 908 g/mol. The van der Waals surface area contributed by atoms with Gasteiger partial charge in [-0.15, -0.1) is 0 Å². The molecule has 379 valence electrons. The van der Waals surface area contributed by atoms with Gasteiger partial charge in [0.1, 0.15) is 54.0 Å². The third-order valence-corrected chi connectivity index (χ3v) is 12.4. The lowest BCUT2D eigenvalue weighted by atomic mass is 9.88. The first-order valence-electron chi connectivity index (χ1n) is 22.8. The number of phenolic OH excluding ortho intramolecular Hbond substituents is 1. The number of esters is 3. The van der Waals surface area contributed by atoms with Crippen molar-refractivity contribution in [1.82, 2.24) is 0 Å². The van der Waals surface area contributed by atoms with E-state index in [2.05, 4.69) is 0 Å². The Bertz CT molecular complexity index is 2060. The van der Waals surface area contributed by atoms with E-state index in [9.17, 15) is 45.0 Å². The second kappa shape index (κ2) is 25.2. The van der Waals surface area contributed by atoms with E-state index >= 15 is 0 Å². The number of aliphatic hydroxyl groups excluding tert-OH is 5. The molecule has 0 amide bonds. The molecule has 13 atom stereocenters. The lowest BCUT2D eigenvalue weighted by Gasteiger charge is -2.47. The molecule has 68 heavy (non-hydrogen) atoms. The predicted octanol–water partition coefficient (Wildman–Crippen LogP) is 5.39. The molecule has 3 aliphatic heterocycles. The summed E-state index contributed by atoms with van der Waals surface area (Å²) in [5.74, 6) is -3.71. The Labute approximate surface area is 403 Å². The zero-order chi connectivity index (χ0) is 50.8. The number of benzene rings is 1. The first kappa shape index (κ1) is 56.6. The van der Waals surface area contributed by atoms with Gasteiger partial charge in [-0.25, -0.2) is 9.59 Å². The molecule has 0 aromatic heterocycles. The van der Waals surface area contributed by atoms with Crippen molar-refractivity contribution in [2.24, 2.45) is 11.8 Å².